The van der Waals surface area contributed by atoms with Crippen LogP contribution in [0, 0.1) is 0 Å². The number of hydrogen-bond donors (Lipinski definition) is 0. The van der Waals surface area contributed by atoms with Crippen molar-refractivity contribution in [2.75, 3.05) is 0 Å². The van der Waals surface area contributed by atoms with Crippen LogP contribution in [0.2, 0.25) is 0 Å². The Morgan fingerprint density at radius 1 is 0.361 bits per heavy atom. The highest BCUT2D eigenvalue weighted by atomic mass is 15.0. The molecule has 2 aliphatic carbocycles. The molecule has 0 saturated carbocycles. The topological polar surface area (TPSA) is 9.86 Å². The molecule has 0 spiro atoms. The Morgan fingerprint density at radius 3 is 1.08 bits per heavy atom. The van der Waals surface area contributed by atoms with Crippen LogP contribution < -0.4 is 0 Å². The molecule has 0 bridgehead atoms. The van der Waals surface area contributed by atoms with Crippen molar-refractivity contribution in [2.45, 2.75) is 25.7 Å². The predicted octanol–water partition coefficient (Wildman–Crippen LogP) is 8.08. The lowest BCUT2D eigenvalue weighted by molar-refractivity contribution is 0.843. The molecule has 7 aromatic rings. The Labute approximate surface area is 209 Å². The van der Waals surface area contributed by atoms with Crippen LogP contribution in [0.1, 0.15) is 22.3 Å². The van der Waals surface area contributed by atoms with Crippen molar-refractivity contribution in [2.24, 2.45) is 0 Å². The second-order valence-electron chi connectivity index (χ2n) is 10.5. The molecule has 0 saturated heterocycles. The lowest BCUT2D eigenvalue weighted by atomic mass is 9.87. The number of benzene rings is 5. The standard InChI is InChI=1S/C34H24N2/c1-3-7-25(8-4-1)35-31-17-23-13-11-21(23)15-27(31)29-20-34-30(19-33(29)35)28-16-22-12-14-24(22)18-32(28)36(34)26-9-5-2-6-10-26/h1-10,15-20H,11-14H2. The molecule has 0 fully saturated rings. The summed E-state index contributed by atoms with van der Waals surface area (Å²) in [6.07, 6.45) is 4.78. The van der Waals surface area contributed by atoms with Crippen molar-refractivity contribution in [3.05, 3.63) is 119 Å². The van der Waals surface area contributed by atoms with Gasteiger partial charge in [-0.15, -0.1) is 0 Å². The number of hydrogen-bond acceptors (Lipinski definition) is 0. The van der Waals surface area contributed by atoms with E-state index in [-0.39, 0.29) is 0 Å². The van der Waals surface area contributed by atoms with E-state index in [9.17, 15) is 0 Å². The second kappa shape index (κ2) is 6.67. The average molecular weight is 461 g/mol. The van der Waals surface area contributed by atoms with Crippen molar-refractivity contribution in [3.8, 4) is 11.4 Å². The molecule has 2 nitrogen and oxygen atoms in total. The first-order valence-electron chi connectivity index (χ1n) is 13.0. The Balaban J connectivity index is 1.50. The van der Waals surface area contributed by atoms with Crippen LogP contribution in [0.15, 0.2) is 97.1 Å². The Hall–Kier alpha value is -4.30. The van der Waals surface area contributed by atoms with Crippen LogP contribution in [-0.4, -0.2) is 9.13 Å². The molecule has 0 radical (unpaired) electrons. The highest BCUT2D eigenvalue weighted by molar-refractivity contribution is 6.19. The molecule has 5 aromatic carbocycles. The number of para-hydroxylation sites is 2. The molecular formula is C34H24N2. The van der Waals surface area contributed by atoms with Crippen LogP contribution in [0.25, 0.3) is 55.0 Å². The first-order chi connectivity index (χ1) is 17.8. The fourth-order valence-electron chi connectivity index (χ4n) is 6.62. The van der Waals surface area contributed by atoms with E-state index in [2.05, 4.69) is 106 Å². The first kappa shape index (κ1) is 19.0. The van der Waals surface area contributed by atoms with Gasteiger partial charge in [0, 0.05) is 32.9 Å². The van der Waals surface area contributed by atoms with Gasteiger partial charge in [-0.3, -0.25) is 0 Å². The lowest BCUT2D eigenvalue weighted by Crippen LogP contribution is -2.08. The zero-order chi connectivity index (χ0) is 23.4. The van der Waals surface area contributed by atoms with Crippen LogP contribution in [-0.2, 0) is 25.7 Å². The zero-order valence-corrected chi connectivity index (χ0v) is 20.0. The van der Waals surface area contributed by atoms with E-state index in [4.69, 9.17) is 0 Å². The van der Waals surface area contributed by atoms with Gasteiger partial charge in [0.2, 0.25) is 0 Å². The summed E-state index contributed by atoms with van der Waals surface area (Å²) in [7, 11) is 0. The number of fused-ring (bicyclic) bond motifs is 8. The molecule has 0 aliphatic heterocycles. The third-order valence-electron chi connectivity index (χ3n) is 8.65. The molecule has 9 rings (SSSR count). The van der Waals surface area contributed by atoms with Gasteiger partial charge in [-0.1, -0.05) is 36.4 Å². The first-order valence-corrected chi connectivity index (χ1v) is 13.0. The van der Waals surface area contributed by atoms with Gasteiger partial charge in [0.15, 0.2) is 0 Å². The van der Waals surface area contributed by atoms with E-state index in [1.165, 1.54) is 103 Å². The maximum Gasteiger partial charge on any atom is 0.0548 e. The van der Waals surface area contributed by atoms with Crippen LogP contribution in [0.4, 0.5) is 0 Å². The van der Waals surface area contributed by atoms with Gasteiger partial charge in [0.1, 0.15) is 0 Å². The van der Waals surface area contributed by atoms with Crippen molar-refractivity contribution in [1.82, 2.24) is 9.13 Å². The van der Waals surface area contributed by atoms with E-state index in [1.54, 1.807) is 0 Å². The van der Waals surface area contributed by atoms with Crippen LogP contribution >= 0.6 is 0 Å². The largest absolute Gasteiger partial charge is 0.309 e. The van der Waals surface area contributed by atoms with Gasteiger partial charge in [-0.25, -0.2) is 0 Å². The summed E-state index contributed by atoms with van der Waals surface area (Å²) >= 11 is 0. The summed E-state index contributed by atoms with van der Waals surface area (Å²) in [6.45, 7) is 0. The van der Waals surface area contributed by atoms with Crippen molar-refractivity contribution >= 4 is 43.6 Å². The van der Waals surface area contributed by atoms with Gasteiger partial charge in [-0.2, -0.15) is 0 Å². The monoisotopic (exact) mass is 460 g/mol. The SMILES string of the molecule is c1ccc(-n2c3cc4c(cc3c3cc5c(cc32)c2cc3c(cc2n5-c2ccccc2)CC3)CC4)cc1. The van der Waals surface area contributed by atoms with Crippen molar-refractivity contribution < 1.29 is 0 Å². The van der Waals surface area contributed by atoms with Gasteiger partial charge in [-0.05, 0) is 109 Å². The summed E-state index contributed by atoms with van der Waals surface area (Å²) in [6, 6.07) is 36.5. The summed E-state index contributed by atoms with van der Waals surface area (Å²) in [5.74, 6) is 0. The summed E-state index contributed by atoms with van der Waals surface area (Å²) in [5.41, 5.74) is 13.7. The summed E-state index contributed by atoms with van der Waals surface area (Å²) < 4.78 is 4.96. The highest BCUT2D eigenvalue weighted by Crippen LogP contribution is 2.42. The Morgan fingerprint density at radius 2 is 0.694 bits per heavy atom. The molecule has 2 aromatic heterocycles. The Kier molecular flexibility index (Phi) is 3.51. The molecule has 2 heteroatoms. The van der Waals surface area contributed by atoms with Gasteiger partial charge < -0.3 is 9.13 Å². The van der Waals surface area contributed by atoms with Crippen molar-refractivity contribution in [3.63, 3.8) is 0 Å². The minimum atomic E-state index is 1.19. The highest BCUT2D eigenvalue weighted by Gasteiger charge is 2.23. The third-order valence-corrected chi connectivity index (χ3v) is 8.65. The Bertz CT molecular complexity index is 1870. The molecule has 2 aliphatic rings. The van der Waals surface area contributed by atoms with E-state index >= 15 is 0 Å². The summed E-state index contributed by atoms with van der Waals surface area (Å²) in [5, 5.41) is 5.41. The number of aromatic nitrogens is 2. The number of aryl methyl sites for hydroxylation is 4. The fourth-order valence-corrected chi connectivity index (χ4v) is 6.62. The molecule has 36 heavy (non-hydrogen) atoms. The van der Waals surface area contributed by atoms with E-state index in [1.807, 2.05) is 0 Å². The molecule has 0 N–H and O–H groups in total. The second-order valence-corrected chi connectivity index (χ2v) is 10.5. The van der Waals surface area contributed by atoms with E-state index in [0.29, 0.717) is 0 Å². The zero-order valence-electron chi connectivity index (χ0n) is 20.0. The van der Waals surface area contributed by atoms with E-state index in [0.717, 1.165) is 0 Å². The molecule has 0 amide bonds. The van der Waals surface area contributed by atoms with E-state index < -0.39 is 0 Å². The molecule has 0 atom stereocenters. The third kappa shape index (κ3) is 2.37. The maximum absolute atomic E-state index is 2.48. The molecule has 2 heterocycles. The fraction of sp³-hybridized carbons (Fsp3) is 0.118. The normalized spacial score (nSPS) is 14.2. The van der Waals surface area contributed by atoms with Gasteiger partial charge in [0.25, 0.3) is 0 Å². The lowest BCUT2D eigenvalue weighted by Gasteiger charge is -2.19. The van der Waals surface area contributed by atoms with Crippen LogP contribution in [0.3, 0.4) is 0 Å². The molecular weight excluding hydrogens is 436 g/mol. The smallest absolute Gasteiger partial charge is 0.0548 e. The minimum absolute atomic E-state index is 1.19. The van der Waals surface area contributed by atoms with Crippen LogP contribution in [0.5, 0.6) is 0 Å². The number of nitrogens with zero attached hydrogens (tertiary/aromatic N) is 2. The van der Waals surface area contributed by atoms with Crippen molar-refractivity contribution in [1.29, 1.82) is 0 Å². The maximum atomic E-state index is 2.48. The van der Waals surface area contributed by atoms with Gasteiger partial charge >= 0.3 is 0 Å². The quantitative estimate of drug-likeness (QED) is 0.247. The van der Waals surface area contributed by atoms with Gasteiger partial charge in [0.05, 0.1) is 22.1 Å². The predicted molar refractivity (Wildman–Crippen MR) is 150 cm³/mol. The average Bonchev–Trinajstić information content (AvgIpc) is 3.36. The molecule has 170 valence electrons. The molecule has 0 unspecified atom stereocenters. The minimum Gasteiger partial charge on any atom is -0.309 e. The summed E-state index contributed by atoms with van der Waals surface area (Å²) in [4.78, 5) is 0. The number of rotatable bonds is 2.